The van der Waals surface area contributed by atoms with Gasteiger partial charge in [0.2, 0.25) is 0 Å². The number of halogens is 1. The largest absolute Gasteiger partial charge is 0.469 e. The van der Waals surface area contributed by atoms with Crippen molar-refractivity contribution in [2.75, 3.05) is 0 Å². The molecule has 0 aliphatic rings. The van der Waals surface area contributed by atoms with Gasteiger partial charge in [0.15, 0.2) is 0 Å². The van der Waals surface area contributed by atoms with E-state index in [9.17, 15) is 9.50 Å². The molecular weight excluding hydrogens is 247 g/mol. The Hall–Kier alpha value is -2.07. The van der Waals surface area contributed by atoms with Crippen molar-refractivity contribution in [3.8, 4) is 0 Å². The first-order valence-electron chi connectivity index (χ1n) is 6.12. The number of benzene rings is 1. The smallest absolute Gasteiger partial charge is 0.140 e. The summed E-state index contributed by atoms with van der Waals surface area (Å²) < 4.78 is 24.0. The Morgan fingerprint density at radius 1 is 1.26 bits per heavy atom. The molecule has 0 radical (unpaired) electrons. The van der Waals surface area contributed by atoms with Gasteiger partial charge in [0.05, 0.1) is 6.26 Å². The van der Waals surface area contributed by atoms with Gasteiger partial charge in [0.1, 0.15) is 29.0 Å². The average molecular weight is 260 g/mol. The van der Waals surface area contributed by atoms with Crippen LogP contribution in [0.4, 0.5) is 4.39 Å². The molecule has 1 aromatic carbocycles. The van der Waals surface area contributed by atoms with Crippen molar-refractivity contribution >= 4 is 11.0 Å². The van der Waals surface area contributed by atoms with Crippen molar-refractivity contribution in [3.63, 3.8) is 0 Å². The molecule has 0 bridgehead atoms. The predicted molar refractivity (Wildman–Crippen MR) is 68.3 cm³/mol. The molecule has 4 heteroatoms. The summed E-state index contributed by atoms with van der Waals surface area (Å²) in [5.74, 6) is 0.780. The Labute approximate surface area is 109 Å². The molecule has 1 N–H and O–H groups in total. The highest BCUT2D eigenvalue weighted by Gasteiger charge is 2.20. The van der Waals surface area contributed by atoms with Gasteiger partial charge < -0.3 is 13.9 Å². The molecule has 2 heterocycles. The van der Waals surface area contributed by atoms with Crippen LogP contribution in [0, 0.1) is 5.82 Å². The third-order valence-corrected chi connectivity index (χ3v) is 3.16. The van der Waals surface area contributed by atoms with Crippen LogP contribution in [0.15, 0.2) is 45.4 Å². The van der Waals surface area contributed by atoms with Gasteiger partial charge in [0, 0.05) is 17.4 Å². The molecule has 98 valence electrons. The fourth-order valence-corrected chi connectivity index (χ4v) is 2.20. The van der Waals surface area contributed by atoms with E-state index in [4.69, 9.17) is 8.83 Å². The zero-order valence-electron chi connectivity index (χ0n) is 10.4. The van der Waals surface area contributed by atoms with Gasteiger partial charge in [-0.3, -0.25) is 0 Å². The van der Waals surface area contributed by atoms with Crippen LogP contribution >= 0.6 is 0 Å². The van der Waals surface area contributed by atoms with Gasteiger partial charge in [-0.05, 0) is 30.3 Å². The van der Waals surface area contributed by atoms with Crippen LogP contribution in [-0.2, 0) is 6.42 Å². The quantitative estimate of drug-likeness (QED) is 0.779. The van der Waals surface area contributed by atoms with Crippen LogP contribution in [0.5, 0.6) is 0 Å². The lowest BCUT2D eigenvalue weighted by Crippen LogP contribution is -1.99. The second kappa shape index (κ2) is 4.55. The molecule has 2 aromatic heterocycles. The summed E-state index contributed by atoms with van der Waals surface area (Å²) in [5.41, 5.74) is 1.24. The minimum atomic E-state index is -0.899. The highest BCUT2D eigenvalue weighted by atomic mass is 19.1. The van der Waals surface area contributed by atoms with Crippen molar-refractivity contribution in [3.05, 3.63) is 59.5 Å². The van der Waals surface area contributed by atoms with Gasteiger partial charge in [-0.25, -0.2) is 4.39 Å². The number of aryl methyl sites for hydroxylation is 1. The molecule has 0 aliphatic heterocycles. The molecule has 3 nitrogen and oxygen atoms in total. The maximum absolute atomic E-state index is 13.1. The van der Waals surface area contributed by atoms with E-state index < -0.39 is 6.10 Å². The molecule has 0 saturated heterocycles. The normalized spacial score (nSPS) is 13.0. The first kappa shape index (κ1) is 12.0. The van der Waals surface area contributed by atoms with E-state index in [1.54, 1.807) is 24.5 Å². The maximum Gasteiger partial charge on any atom is 0.140 e. The van der Waals surface area contributed by atoms with E-state index in [1.165, 1.54) is 12.1 Å². The summed E-state index contributed by atoms with van der Waals surface area (Å²) in [6.07, 6.45) is 1.33. The Morgan fingerprint density at radius 2 is 2.11 bits per heavy atom. The summed E-state index contributed by atoms with van der Waals surface area (Å²) in [7, 11) is 0. The zero-order valence-corrected chi connectivity index (χ0v) is 10.4. The molecule has 0 spiro atoms. The topological polar surface area (TPSA) is 46.5 Å². The molecule has 19 heavy (non-hydrogen) atoms. The Kier molecular flexibility index (Phi) is 2.87. The SMILES string of the molecule is CCc1occc1C(O)c1cc2cc(F)ccc2o1. The van der Waals surface area contributed by atoms with Crippen molar-refractivity contribution < 1.29 is 18.3 Å². The molecule has 3 rings (SSSR count). The second-order valence-corrected chi connectivity index (χ2v) is 4.39. The van der Waals surface area contributed by atoms with E-state index >= 15 is 0 Å². The van der Waals surface area contributed by atoms with Crippen LogP contribution < -0.4 is 0 Å². The zero-order chi connectivity index (χ0) is 13.4. The number of aliphatic hydroxyl groups excluding tert-OH is 1. The summed E-state index contributed by atoms with van der Waals surface area (Å²) in [4.78, 5) is 0. The number of hydrogen-bond acceptors (Lipinski definition) is 3. The fourth-order valence-electron chi connectivity index (χ4n) is 2.20. The number of furan rings is 2. The van der Waals surface area contributed by atoms with Crippen molar-refractivity contribution in [1.82, 2.24) is 0 Å². The third-order valence-electron chi connectivity index (χ3n) is 3.16. The summed E-state index contributed by atoms with van der Waals surface area (Å²) in [6, 6.07) is 7.63. The Balaban J connectivity index is 2.04. The highest BCUT2D eigenvalue weighted by Crippen LogP contribution is 2.30. The molecule has 0 saturated carbocycles. The van der Waals surface area contributed by atoms with Gasteiger partial charge in [-0.2, -0.15) is 0 Å². The van der Waals surface area contributed by atoms with Gasteiger partial charge in [0.25, 0.3) is 0 Å². The summed E-state index contributed by atoms with van der Waals surface area (Å²) in [6.45, 7) is 1.95. The molecule has 1 atom stereocenters. The number of fused-ring (bicyclic) bond motifs is 1. The van der Waals surface area contributed by atoms with E-state index in [2.05, 4.69) is 0 Å². The standard InChI is InChI=1S/C15H13FO3/c1-2-12-11(5-6-18-12)15(17)14-8-9-7-10(16)3-4-13(9)19-14/h3-8,15,17H,2H2,1H3. The summed E-state index contributed by atoms with van der Waals surface area (Å²) >= 11 is 0. The highest BCUT2D eigenvalue weighted by molar-refractivity contribution is 5.78. The van der Waals surface area contributed by atoms with Gasteiger partial charge in [-0.1, -0.05) is 6.92 Å². The molecule has 3 aromatic rings. The predicted octanol–water partition coefficient (Wildman–Crippen LogP) is 3.81. The summed E-state index contributed by atoms with van der Waals surface area (Å²) in [5, 5.41) is 11.0. The number of hydrogen-bond donors (Lipinski definition) is 1. The van der Waals surface area contributed by atoms with Crippen molar-refractivity contribution in [2.45, 2.75) is 19.4 Å². The lowest BCUT2D eigenvalue weighted by molar-refractivity contribution is 0.190. The van der Waals surface area contributed by atoms with Crippen LogP contribution in [-0.4, -0.2) is 5.11 Å². The van der Waals surface area contributed by atoms with E-state index in [0.717, 1.165) is 5.76 Å². The van der Waals surface area contributed by atoms with E-state index in [-0.39, 0.29) is 5.82 Å². The van der Waals surface area contributed by atoms with Gasteiger partial charge >= 0.3 is 0 Å². The molecule has 0 aliphatic carbocycles. The second-order valence-electron chi connectivity index (χ2n) is 4.39. The maximum atomic E-state index is 13.1. The minimum absolute atomic E-state index is 0.327. The minimum Gasteiger partial charge on any atom is -0.469 e. The fraction of sp³-hybridized carbons (Fsp3) is 0.200. The van der Waals surface area contributed by atoms with Crippen LogP contribution in [0.3, 0.4) is 0 Å². The lowest BCUT2D eigenvalue weighted by atomic mass is 10.1. The third kappa shape index (κ3) is 2.04. The lowest BCUT2D eigenvalue weighted by Gasteiger charge is -2.06. The molecule has 1 unspecified atom stereocenters. The average Bonchev–Trinajstić information content (AvgIpc) is 3.03. The number of aliphatic hydroxyl groups is 1. The monoisotopic (exact) mass is 260 g/mol. The van der Waals surface area contributed by atoms with E-state index in [0.29, 0.717) is 28.7 Å². The molecule has 0 amide bonds. The van der Waals surface area contributed by atoms with E-state index in [1.807, 2.05) is 6.92 Å². The van der Waals surface area contributed by atoms with Crippen molar-refractivity contribution in [2.24, 2.45) is 0 Å². The van der Waals surface area contributed by atoms with Crippen LogP contribution in [0.2, 0.25) is 0 Å². The van der Waals surface area contributed by atoms with Crippen LogP contribution in [0.25, 0.3) is 11.0 Å². The van der Waals surface area contributed by atoms with Crippen LogP contribution in [0.1, 0.15) is 30.1 Å². The first-order chi connectivity index (χ1) is 9.19. The van der Waals surface area contributed by atoms with Gasteiger partial charge in [-0.15, -0.1) is 0 Å². The van der Waals surface area contributed by atoms with Crippen molar-refractivity contribution in [1.29, 1.82) is 0 Å². The number of rotatable bonds is 3. The Bertz CT molecular complexity index is 711. The Morgan fingerprint density at radius 3 is 2.89 bits per heavy atom. The first-order valence-corrected chi connectivity index (χ1v) is 6.12. The molecule has 0 fully saturated rings. The molecular formula is C15H13FO3.